The molecular formula is C12H24N2O3S. The minimum absolute atomic E-state index is 0.00246. The third-order valence-corrected chi connectivity index (χ3v) is 5.00. The van der Waals surface area contributed by atoms with Crippen LogP contribution in [0.1, 0.15) is 26.2 Å². The SMILES string of the molecule is CNCCCCC(C)C(=O)N1CCS(=O)(=O)CC1. The molecule has 0 bridgehead atoms. The number of sulfone groups is 1. The highest BCUT2D eigenvalue weighted by Gasteiger charge is 2.27. The van der Waals surface area contributed by atoms with Crippen molar-refractivity contribution in [2.45, 2.75) is 26.2 Å². The van der Waals surface area contributed by atoms with Gasteiger partial charge in [-0.1, -0.05) is 13.3 Å². The van der Waals surface area contributed by atoms with Crippen LogP contribution in [0, 0.1) is 5.92 Å². The molecule has 1 unspecified atom stereocenters. The summed E-state index contributed by atoms with van der Waals surface area (Å²) in [7, 11) is -0.982. The van der Waals surface area contributed by atoms with Crippen LogP contribution in [0.2, 0.25) is 0 Å². The summed E-state index contributed by atoms with van der Waals surface area (Å²) in [6, 6.07) is 0. The lowest BCUT2D eigenvalue weighted by Crippen LogP contribution is -2.45. The van der Waals surface area contributed by atoms with Crippen molar-refractivity contribution in [3.8, 4) is 0 Å². The first kappa shape index (κ1) is 15.4. The number of unbranched alkanes of at least 4 members (excludes halogenated alkanes) is 1. The summed E-state index contributed by atoms with van der Waals surface area (Å²) >= 11 is 0. The Kier molecular flexibility index (Phi) is 6.08. The Hall–Kier alpha value is -0.620. The lowest BCUT2D eigenvalue weighted by Gasteiger charge is -2.29. The molecule has 1 atom stereocenters. The van der Waals surface area contributed by atoms with Crippen LogP contribution in [0.15, 0.2) is 0 Å². The van der Waals surface area contributed by atoms with Crippen LogP contribution in [0.25, 0.3) is 0 Å². The van der Waals surface area contributed by atoms with Crippen molar-refractivity contribution >= 4 is 15.7 Å². The van der Waals surface area contributed by atoms with Gasteiger partial charge in [0.25, 0.3) is 0 Å². The van der Waals surface area contributed by atoms with Gasteiger partial charge in [-0.05, 0) is 26.4 Å². The van der Waals surface area contributed by atoms with Crippen molar-refractivity contribution < 1.29 is 13.2 Å². The summed E-state index contributed by atoms with van der Waals surface area (Å²) in [6.07, 6.45) is 2.98. The second-order valence-corrected chi connectivity index (χ2v) is 7.28. The Morgan fingerprint density at radius 3 is 2.44 bits per heavy atom. The van der Waals surface area contributed by atoms with Gasteiger partial charge >= 0.3 is 0 Å². The molecule has 0 spiro atoms. The number of carbonyl (C=O) groups excluding carboxylic acids is 1. The molecule has 0 aromatic heterocycles. The second-order valence-electron chi connectivity index (χ2n) is 4.98. The van der Waals surface area contributed by atoms with Gasteiger partial charge in [0.15, 0.2) is 9.84 Å². The molecular weight excluding hydrogens is 252 g/mol. The highest BCUT2D eigenvalue weighted by molar-refractivity contribution is 7.91. The van der Waals surface area contributed by atoms with E-state index in [0.29, 0.717) is 13.1 Å². The number of hydrogen-bond donors (Lipinski definition) is 1. The van der Waals surface area contributed by atoms with Crippen LogP contribution in [0.4, 0.5) is 0 Å². The fourth-order valence-corrected chi connectivity index (χ4v) is 3.32. The van der Waals surface area contributed by atoms with E-state index in [-0.39, 0.29) is 23.3 Å². The van der Waals surface area contributed by atoms with E-state index in [1.807, 2.05) is 14.0 Å². The highest BCUT2D eigenvalue weighted by atomic mass is 32.2. The largest absolute Gasteiger partial charge is 0.340 e. The predicted octanol–water partition coefficient (Wildman–Crippen LogP) is 0.269. The van der Waals surface area contributed by atoms with E-state index in [1.165, 1.54) is 0 Å². The Balaban J connectivity index is 2.31. The average molecular weight is 276 g/mol. The summed E-state index contributed by atoms with van der Waals surface area (Å²) in [5.74, 6) is 0.341. The van der Waals surface area contributed by atoms with E-state index in [1.54, 1.807) is 4.90 Å². The zero-order valence-electron chi connectivity index (χ0n) is 11.3. The normalized spacial score (nSPS) is 20.7. The average Bonchev–Trinajstić information content (AvgIpc) is 2.33. The maximum absolute atomic E-state index is 12.1. The van der Waals surface area contributed by atoms with Gasteiger partial charge in [0.2, 0.25) is 5.91 Å². The summed E-state index contributed by atoms with van der Waals surface area (Å²) in [5, 5.41) is 3.08. The number of amides is 1. The number of hydrogen-bond acceptors (Lipinski definition) is 4. The number of carbonyl (C=O) groups is 1. The molecule has 1 heterocycles. The van der Waals surface area contributed by atoms with Gasteiger partial charge in [0.1, 0.15) is 0 Å². The van der Waals surface area contributed by atoms with E-state index < -0.39 is 9.84 Å². The van der Waals surface area contributed by atoms with Crippen LogP contribution in [-0.4, -0.2) is 57.4 Å². The zero-order valence-corrected chi connectivity index (χ0v) is 12.1. The quantitative estimate of drug-likeness (QED) is 0.707. The van der Waals surface area contributed by atoms with E-state index >= 15 is 0 Å². The molecule has 0 radical (unpaired) electrons. The Labute approximate surface area is 110 Å². The maximum atomic E-state index is 12.1. The third-order valence-electron chi connectivity index (χ3n) is 3.39. The molecule has 6 heteroatoms. The van der Waals surface area contributed by atoms with Crippen LogP contribution in [-0.2, 0) is 14.6 Å². The molecule has 1 N–H and O–H groups in total. The zero-order chi connectivity index (χ0) is 13.6. The predicted molar refractivity (Wildman–Crippen MR) is 72.2 cm³/mol. The van der Waals surface area contributed by atoms with Crippen LogP contribution in [0.3, 0.4) is 0 Å². The van der Waals surface area contributed by atoms with Crippen molar-refractivity contribution in [1.29, 1.82) is 0 Å². The van der Waals surface area contributed by atoms with Gasteiger partial charge in [-0.15, -0.1) is 0 Å². The van der Waals surface area contributed by atoms with Crippen molar-refractivity contribution in [2.75, 3.05) is 38.2 Å². The van der Waals surface area contributed by atoms with E-state index in [4.69, 9.17) is 0 Å². The Bertz CT molecular complexity index is 354. The van der Waals surface area contributed by atoms with Gasteiger partial charge in [0.05, 0.1) is 11.5 Å². The Morgan fingerprint density at radius 1 is 1.28 bits per heavy atom. The molecule has 1 fully saturated rings. The molecule has 1 amide bonds. The summed E-state index contributed by atoms with van der Waals surface area (Å²) in [6.45, 7) is 3.64. The van der Waals surface area contributed by atoms with Crippen molar-refractivity contribution in [2.24, 2.45) is 5.92 Å². The lowest BCUT2D eigenvalue weighted by molar-refractivity contribution is -0.134. The van der Waals surface area contributed by atoms with Crippen molar-refractivity contribution in [3.63, 3.8) is 0 Å². The molecule has 1 aliphatic rings. The van der Waals surface area contributed by atoms with Crippen LogP contribution in [0.5, 0.6) is 0 Å². The minimum atomic E-state index is -2.90. The van der Waals surface area contributed by atoms with E-state index in [2.05, 4.69) is 5.32 Å². The number of nitrogens with one attached hydrogen (secondary N) is 1. The topological polar surface area (TPSA) is 66.5 Å². The summed E-state index contributed by atoms with van der Waals surface area (Å²) in [4.78, 5) is 13.8. The molecule has 5 nitrogen and oxygen atoms in total. The highest BCUT2D eigenvalue weighted by Crippen LogP contribution is 2.14. The van der Waals surface area contributed by atoms with Crippen LogP contribution < -0.4 is 5.32 Å². The van der Waals surface area contributed by atoms with Crippen LogP contribution >= 0.6 is 0 Å². The molecule has 0 aromatic carbocycles. The molecule has 0 aliphatic carbocycles. The summed E-state index contributed by atoms with van der Waals surface area (Å²) in [5.41, 5.74) is 0. The number of nitrogens with zero attached hydrogens (tertiary/aromatic N) is 1. The van der Waals surface area contributed by atoms with Gasteiger partial charge < -0.3 is 10.2 Å². The van der Waals surface area contributed by atoms with Gasteiger partial charge in [-0.3, -0.25) is 4.79 Å². The van der Waals surface area contributed by atoms with E-state index in [0.717, 1.165) is 25.8 Å². The second kappa shape index (κ2) is 7.09. The van der Waals surface area contributed by atoms with Crippen molar-refractivity contribution in [1.82, 2.24) is 10.2 Å². The summed E-state index contributed by atoms with van der Waals surface area (Å²) < 4.78 is 22.6. The minimum Gasteiger partial charge on any atom is -0.340 e. The van der Waals surface area contributed by atoms with Crippen molar-refractivity contribution in [3.05, 3.63) is 0 Å². The Morgan fingerprint density at radius 2 is 1.89 bits per heavy atom. The fourth-order valence-electron chi connectivity index (χ4n) is 2.12. The first-order valence-electron chi connectivity index (χ1n) is 6.60. The standard InChI is InChI=1S/C12H24N2O3S/c1-11(5-3-4-6-13-2)12(15)14-7-9-18(16,17)10-8-14/h11,13H,3-10H2,1-2H3. The first-order chi connectivity index (χ1) is 8.46. The fraction of sp³-hybridized carbons (Fsp3) is 0.917. The van der Waals surface area contributed by atoms with Gasteiger partial charge in [-0.2, -0.15) is 0 Å². The number of rotatable bonds is 6. The smallest absolute Gasteiger partial charge is 0.225 e. The monoisotopic (exact) mass is 276 g/mol. The molecule has 1 saturated heterocycles. The third kappa shape index (κ3) is 4.94. The van der Waals surface area contributed by atoms with Gasteiger partial charge in [0, 0.05) is 19.0 Å². The molecule has 18 heavy (non-hydrogen) atoms. The maximum Gasteiger partial charge on any atom is 0.225 e. The van der Waals surface area contributed by atoms with Gasteiger partial charge in [-0.25, -0.2) is 8.42 Å². The molecule has 0 aromatic rings. The molecule has 0 saturated carbocycles. The first-order valence-corrected chi connectivity index (χ1v) is 8.42. The molecule has 1 aliphatic heterocycles. The van der Waals surface area contributed by atoms with E-state index in [9.17, 15) is 13.2 Å². The lowest BCUT2D eigenvalue weighted by atomic mass is 10.0. The molecule has 106 valence electrons. The molecule has 1 rings (SSSR count).